The maximum absolute atomic E-state index is 12.2. The number of carbonyl (C=O) groups excluding carboxylic acids is 3. The number of ether oxygens (including phenoxy) is 1. The molecule has 1 aliphatic rings. The van der Waals surface area contributed by atoms with Crippen LogP contribution in [0.25, 0.3) is 0 Å². The molecular formula is C18H14ClNO4. The summed E-state index contributed by atoms with van der Waals surface area (Å²) < 4.78 is 5.14. The van der Waals surface area contributed by atoms with Crippen LogP contribution in [0.1, 0.15) is 37.5 Å². The Kier molecular flexibility index (Phi) is 4.62. The van der Waals surface area contributed by atoms with Crippen LogP contribution in [0.2, 0.25) is 5.02 Å². The van der Waals surface area contributed by atoms with Gasteiger partial charge in [-0.25, -0.2) is 4.79 Å². The zero-order valence-electron chi connectivity index (χ0n) is 12.7. The molecule has 2 amide bonds. The first-order valence-electron chi connectivity index (χ1n) is 7.46. The van der Waals surface area contributed by atoms with Gasteiger partial charge in [-0.05, 0) is 36.8 Å². The minimum absolute atomic E-state index is 0.110. The van der Waals surface area contributed by atoms with E-state index in [1.165, 1.54) is 11.0 Å². The van der Waals surface area contributed by atoms with E-state index in [1.54, 1.807) is 42.5 Å². The minimum Gasteiger partial charge on any atom is -0.462 e. The van der Waals surface area contributed by atoms with Gasteiger partial charge in [-0.2, -0.15) is 0 Å². The van der Waals surface area contributed by atoms with Crippen LogP contribution in [0.5, 0.6) is 0 Å². The molecule has 2 aromatic carbocycles. The Hall–Kier alpha value is -2.66. The van der Waals surface area contributed by atoms with Gasteiger partial charge in [0, 0.05) is 11.6 Å². The summed E-state index contributed by atoms with van der Waals surface area (Å²) in [6.07, 6.45) is 0.373. The average molecular weight is 344 g/mol. The van der Waals surface area contributed by atoms with Crippen molar-refractivity contribution in [2.75, 3.05) is 13.2 Å². The van der Waals surface area contributed by atoms with Crippen molar-refractivity contribution >= 4 is 29.4 Å². The van der Waals surface area contributed by atoms with Crippen molar-refractivity contribution in [3.05, 3.63) is 70.2 Å². The van der Waals surface area contributed by atoms with Crippen LogP contribution < -0.4 is 0 Å². The molecule has 3 rings (SSSR count). The lowest BCUT2D eigenvalue weighted by Gasteiger charge is -2.13. The number of amides is 2. The fourth-order valence-electron chi connectivity index (χ4n) is 2.53. The molecule has 122 valence electrons. The Labute approximate surface area is 143 Å². The van der Waals surface area contributed by atoms with E-state index >= 15 is 0 Å². The van der Waals surface area contributed by atoms with E-state index in [4.69, 9.17) is 16.3 Å². The third-order valence-corrected chi connectivity index (χ3v) is 3.93. The smallest absolute Gasteiger partial charge is 0.338 e. The normalized spacial score (nSPS) is 13.1. The number of imide groups is 1. The molecule has 0 bridgehead atoms. The maximum atomic E-state index is 12.2. The third-order valence-electron chi connectivity index (χ3n) is 3.70. The zero-order chi connectivity index (χ0) is 17.1. The second-order valence-electron chi connectivity index (χ2n) is 5.31. The molecule has 0 spiro atoms. The van der Waals surface area contributed by atoms with Crippen LogP contribution in [-0.2, 0) is 4.74 Å². The van der Waals surface area contributed by atoms with Crippen LogP contribution in [-0.4, -0.2) is 35.8 Å². The van der Waals surface area contributed by atoms with E-state index in [-0.39, 0.29) is 25.0 Å². The largest absolute Gasteiger partial charge is 0.462 e. The first kappa shape index (κ1) is 16.2. The van der Waals surface area contributed by atoms with Crippen molar-refractivity contribution in [1.82, 2.24) is 4.90 Å². The van der Waals surface area contributed by atoms with Crippen molar-refractivity contribution in [2.45, 2.75) is 6.42 Å². The van der Waals surface area contributed by atoms with Crippen molar-refractivity contribution in [2.24, 2.45) is 0 Å². The molecule has 0 fully saturated rings. The molecule has 0 atom stereocenters. The molecule has 0 aliphatic carbocycles. The van der Waals surface area contributed by atoms with Gasteiger partial charge in [0.1, 0.15) is 0 Å². The summed E-state index contributed by atoms with van der Waals surface area (Å²) in [5, 5.41) is 0.454. The summed E-state index contributed by atoms with van der Waals surface area (Å²) in [5.41, 5.74) is 1.19. The van der Waals surface area contributed by atoms with Gasteiger partial charge >= 0.3 is 5.97 Å². The van der Waals surface area contributed by atoms with Crippen LogP contribution in [0.3, 0.4) is 0 Å². The van der Waals surface area contributed by atoms with E-state index in [0.717, 1.165) is 0 Å². The predicted octanol–water partition coefficient (Wildman–Crippen LogP) is 3.18. The summed E-state index contributed by atoms with van der Waals surface area (Å²) in [6, 6.07) is 13.2. The number of carbonyl (C=O) groups is 3. The summed E-state index contributed by atoms with van der Waals surface area (Å²) in [4.78, 5) is 37.4. The molecule has 0 radical (unpaired) electrons. The topological polar surface area (TPSA) is 63.7 Å². The number of fused-ring (bicyclic) bond motifs is 1. The molecule has 1 aliphatic heterocycles. The number of hydrogen-bond donors (Lipinski definition) is 0. The molecule has 0 N–H and O–H groups in total. The Morgan fingerprint density at radius 3 is 2.29 bits per heavy atom. The van der Waals surface area contributed by atoms with Gasteiger partial charge in [0.15, 0.2) is 0 Å². The number of halogens is 1. The fraction of sp³-hybridized carbons (Fsp3) is 0.167. The van der Waals surface area contributed by atoms with Gasteiger partial charge in [-0.15, -0.1) is 0 Å². The zero-order valence-corrected chi connectivity index (χ0v) is 13.5. The van der Waals surface area contributed by atoms with E-state index in [0.29, 0.717) is 28.1 Å². The van der Waals surface area contributed by atoms with Gasteiger partial charge in [-0.1, -0.05) is 29.8 Å². The number of esters is 1. The highest BCUT2D eigenvalue weighted by atomic mass is 35.5. The molecule has 2 aromatic rings. The highest BCUT2D eigenvalue weighted by Gasteiger charge is 2.34. The minimum atomic E-state index is -0.486. The molecule has 24 heavy (non-hydrogen) atoms. The quantitative estimate of drug-likeness (QED) is 0.475. The molecule has 5 nitrogen and oxygen atoms in total. The highest BCUT2D eigenvalue weighted by molar-refractivity contribution is 6.30. The number of rotatable bonds is 5. The van der Waals surface area contributed by atoms with E-state index < -0.39 is 5.97 Å². The lowest BCUT2D eigenvalue weighted by molar-refractivity contribution is 0.0482. The fourth-order valence-corrected chi connectivity index (χ4v) is 2.72. The molecule has 6 heteroatoms. The van der Waals surface area contributed by atoms with Crippen LogP contribution in [0.15, 0.2) is 48.5 Å². The summed E-state index contributed by atoms with van der Waals surface area (Å²) >= 11 is 5.82. The van der Waals surface area contributed by atoms with Gasteiger partial charge in [0.25, 0.3) is 11.8 Å². The Morgan fingerprint density at radius 1 is 1.00 bits per heavy atom. The summed E-state index contributed by atoms with van der Waals surface area (Å²) in [6.45, 7) is 0.313. The first-order valence-corrected chi connectivity index (χ1v) is 7.83. The highest BCUT2D eigenvalue weighted by Crippen LogP contribution is 2.22. The van der Waals surface area contributed by atoms with E-state index in [2.05, 4.69) is 0 Å². The maximum Gasteiger partial charge on any atom is 0.338 e. The second kappa shape index (κ2) is 6.84. The van der Waals surface area contributed by atoms with E-state index in [9.17, 15) is 14.4 Å². The van der Waals surface area contributed by atoms with Gasteiger partial charge < -0.3 is 4.74 Å². The Morgan fingerprint density at radius 2 is 1.67 bits per heavy atom. The predicted molar refractivity (Wildman–Crippen MR) is 88.2 cm³/mol. The lowest BCUT2D eigenvalue weighted by Crippen LogP contribution is -2.31. The summed E-state index contributed by atoms with van der Waals surface area (Å²) in [7, 11) is 0. The second-order valence-corrected chi connectivity index (χ2v) is 5.74. The van der Waals surface area contributed by atoms with E-state index in [1.807, 2.05) is 0 Å². The van der Waals surface area contributed by atoms with Gasteiger partial charge in [-0.3, -0.25) is 14.5 Å². The monoisotopic (exact) mass is 343 g/mol. The molecule has 1 heterocycles. The van der Waals surface area contributed by atoms with Gasteiger partial charge in [0.05, 0.1) is 23.3 Å². The van der Waals surface area contributed by atoms with Crippen molar-refractivity contribution in [3.8, 4) is 0 Å². The molecule has 0 saturated carbocycles. The number of hydrogen-bond acceptors (Lipinski definition) is 4. The van der Waals surface area contributed by atoms with Gasteiger partial charge in [0.2, 0.25) is 0 Å². The standard InChI is InChI=1S/C18H14ClNO4/c19-13-6-3-5-12(11-13)18(23)24-10-4-9-20-16(21)14-7-1-2-8-15(14)17(20)22/h1-3,5-8,11H,4,9-10H2. The Balaban J connectivity index is 1.52. The first-order chi connectivity index (χ1) is 11.6. The molecule has 0 aromatic heterocycles. The van der Waals surface area contributed by atoms with Crippen LogP contribution >= 0.6 is 11.6 Å². The lowest BCUT2D eigenvalue weighted by atomic mass is 10.1. The average Bonchev–Trinajstić information content (AvgIpc) is 2.83. The number of nitrogens with zero attached hydrogens (tertiary/aromatic N) is 1. The third kappa shape index (κ3) is 3.16. The van der Waals surface area contributed by atoms with Crippen molar-refractivity contribution in [3.63, 3.8) is 0 Å². The van der Waals surface area contributed by atoms with Crippen LogP contribution in [0, 0.1) is 0 Å². The molecular weight excluding hydrogens is 330 g/mol. The SMILES string of the molecule is O=C(OCCCN1C(=O)c2ccccc2C1=O)c1cccc(Cl)c1. The number of benzene rings is 2. The van der Waals surface area contributed by atoms with Crippen LogP contribution in [0.4, 0.5) is 0 Å². The molecule has 0 saturated heterocycles. The molecule has 0 unspecified atom stereocenters. The van der Waals surface area contributed by atoms with Crippen molar-refractivity contribution in [1.29, 1.82) is 0 Å². The summed E-state index contributed by atoms with van der Waals surface area (Å²) in [5.74, 6) is -1.10. The van der Waals surface area contributed by atoms with Crippen molar-refractivity contribution < 1.29 is 19.1 Å². The Bertz CT molecular complexity index is 783.